The Balaban J connectivity index is 0.000000339. The van der Waals surface area contributed by atoms with E-state index in [2.05, 4.69) is 93.6 Å². The van der Waals surface area contributed by atoms with E-state index in [9.17, 15) is 0 Å². The van der Waals surface area contributed by atoms with E-state index in [1.165, 1.54) is 55.2 Å². The third kappa shape index (κ3) is 12.4. The van der Waals surface area contributed by atoms with Crippen molar-refractivity contribution in [1.82, 2.24) is 0 Å². The molecule has 0 saturated heterocycles. The van der Waals surface area contributed by atoms with Gasteiger partial charge in [0.2, 0.25) is 0 Å². The summed E-state index contributed by atoms with van der Waals surface area (Å²) in [5.41, 5.74) is 4.40. The first-order valence-electron chi connectivity index (χ1n) is 9.41. The van der Waals surface area contributed by atoms with Crippen LogP contribution in [0.5, 0.6) is 0 Å². The van der Waals surface area contributed by atoms with Crippen LogP contribution in [0.15, 0.2) is 72.8 Å². The van der Waals surface area contributed by atoms with Gasteiger partial charge in [-0.2, -0.15) is 53.1 Å². The van der Waals surface area contributed by atoms with Gasteiger partial charge in [0.05, 0.1) is 0 Å². The van der Waals surface area contributed by atoms with Gasteiger partial charge in [0.15, 0.2) is 0 Å². The molecule has 0 aliphatic carbocycles. The molecule has 0 spiro atoms. The van der Waals surface area contributed by atoms with Gasteiger partial charge in [-0.15, -0.1) is 0 Å². The van der Waals surface area contributed by atoms with Gasteiger partial charge in [0.25, 0.3) is 0 Å². The van der Waals surface area contributed by atoms with Crippen LogP contribution in [-0.2, 0) is 19.3 Å². The number of hydrogen-bond donors (Lipinski definition) is 0. The summed E-state index contributed by atoms with van der Waals surface area (Å²) in [4.78, 5) is 0. The molecule has 1 heteroatoms. The van der Waals surface area contributed by atoms with Crippen LogP contribution in [0.2, 0.25) is 0 Å². The van der Waals surface area contributed by atoms with Crippen LogP contribution in [0, 0.1) is 39.9 Å². The second kappa shape index (κ2) is 16.8. The van der Waals surface area contributed by atoms with Gasteiger partial charge in [0.1, 0.15) is 0 Å². The summed E-state index contributed by atoms with van der Waals surface area (Å²) >= 11 is 0. The Morgan fingerprint density at radius 1 is 0.440 bits per heavy atom. The van der Waals surface area contributed by atoms with E-state index in [4.69, 9.17) is 0 Å². The Morgan fingerprint density at radius 3 is 0.800 bits per heavy atom. The summed E-state index contributed by atoms with van der Waals surface area (Å²) in [6.45, 7) is 6.60. The molecule has 0 saturated carbocycles. The van der Waals surface area contributed by atoms with Crippen LogP contribution >= 0.6 is 0 Å². The van der Waals surface area contributed by atoms with E-state index in [-0.39, 0.29) is 39.9 Å². The first-order valence-corrected chi connectivity index (χ1v) is 9.41. The molecule has 3 aromatic carbocycles. The molecule has 0 atom stereocenters. The fourth-order valence-corrected chi connectivity index (χ4v) is 2.61. The van der Waals surface area contributed by atoms with Gasteiger partial charge in [-0.3, -0.25) is 0 Å². The Kier molecular flexibility index (Phi) is 16.4. The molecule has 0 amide bonds. The summed E-state index contributed by atoms with van der Waals surface area (Å²) in [5, 5.41) is 0. The molecule has 25 heavy (non-hydrogen) atoms. The van der Waals surface area contributed by atoms with Crippen molar-refractivity contribution in [3.05, 3.63) is 89.5 Å². The van der Waals surface area contributed by atoms with E-state index >= 15 is 0 Å². The largest absolute Gasteiger partial charge is 3.00 e. The number of hydrogen-bond acceptors (Lipinski definition) is 0. The van der Waals surface area contributed by atoms with Crippen molar-refractivity contribution in [2.75, 3.05) is 0 Å². The van der Waals surface area contributed by atoms with E-state index in [1.54, 1.807) is 0 Å². The van der Waals surface area contributed by atoms with Crippen molar-refractivity contribution in [2.24, 2.45) is 0 Å². The first kappa shape index (κ1) is 24.4. The monoisotopic (exact) mass is 479 g/mol. The quantitative estimate of drug-likeness (QED) is 0.332. The predicted octanol–water partition coefficient (Wildman–Crippen LogP) is 7.07. The minimum Gasteiger partial charge on any atom is -0.213 e. The standard InChI is InChI=1S/3C8H11.Gd/c3*1-2-5-8-6-3-4-7-8;/h3*3-4,6-7H,2,5H2,1H3;/q3*-1;+3. The van der Waals surface area contributed by atoms with Crippen molar-refractivity contribution in [3.63, 3.8) is 0 Å². The van der Waals surface area contributed by atoms with Crippen LogP contribution in [0.1, 0.15) is 56.7 Å². The van der Waals surface area contributed by atoms with Crippen LogP contribution in [0.4, 0.5) is 0 Å². The zero-order chi connectivity index (χ0) is 17.5. The second-order valence-corrected chi connectivity index (χ2v) is 6.13. The number of aryl methyl sites for hydroxylation is 3. The smallest absolute Gasteiger partial charge is 0.213 e. The first-order chi connectivity index (χ1) is 11.8. The van der Waals surface area contributed by atoms with Gasteiger partial charge in [-0.05, 0) is 0 Å². The second-order valence-electron chi connectivity index (χ2n) is 6.13. The fourth-order valence-electron chi connectivity index (χ4n) is 2.61. The third-order valence-corrected chi connectivity index (χ3v) is 3.81. The maximum Gasteiger partial charge on any atom is 3.00 e. The fraction of sp³-hybridized carbons (Fsp3) is 0.375. The Hall–Kier alpha value is -0.625. The summed E-state index contributed by atoms with van der Waals surface area (Å²) in [6, 6.07) is 25.6. The average molecular weight is 479 g/mol. The molecule has 0 aromatic heterocycles. The Labute approximate surface area is 187 Å². The van der Waals surface area contributed by atoms with Crippen LogP contribution in [-0.4, -0.2) is 0 Å². The predicted molar refractivity (Wildman–Crippen MR) is 108 cm³/mol. The molecule has 0 aliphatic rings. The van der Waals surface area contributed by atoms with Crippen LogP contribution in [0.3, 0.4) is 0 Å². The van der Waals surface area contributed by atoms with Crippen molar-refractivity contribution < 1.29 is 39.9 Å². The minimum absolute atomic E-state index is 0. The molecule has 0 bridgehead atoms. The molecular weight excluding hydrogens is 446 g/mol. The van der Waals surface area contributed by atoms with Gasteiger partial charge in [-0.25, -0.2) is 36.4 Å². The third-order valence-electron chi connectivity index (χ3n) is 3.81. The molecule has 0 aliphatic heterocycles. The molecule has 1 radical (unpaired) electrons. The maximum atomic E-state index is 2.20. The van der Waals surface area contributed by atoms with E-state index in [1.807, 2.05) is 0 Å². The van der Waals surface area contributed by atoms with Gasteiger partial charge in [-0.1, -0.05) is 59.3 Å². The summed E-state index contributed by atoms with van der Waals surface area (Å²) in [5.74, 6) is 0. The normalized spacial score (nSPS) is 9.24. The zero-order valence-corrected chi connectivity index (χ0v) is 18.3. The van der Waals surface area contributed by atoms with Crippen molar-refractivity contribution in [3.8, 4) is 0 Å². The molecule has 137 valence electrons. The molecule has 0 unspecified atom stereocenters. The van der Waals surface area contributed by atoms with Crippen molar-refractivity contribution in [2.45, 2.75) is 59.3 Å². The molecular formula is C24H33Gd. The van der Waals surface area contributed by atoms with Crippen molar-refractivity contribution in [1.29, 1.82) is 0 Å². The molecule has 0 N–H and O–H groups in total. The molecule has 3 rings (SSSR count). The average Bonchev–Trinajstić information content (AvgIpc) is 3.33. The van der Waals surface area contributed by atoms with Gasteiger partial charge in [0, 0.05) is 0 Å². The van der Waals surface area contributed by atoms with E-state index in [0.29, 0.717) is 0 Å². The van der Waals surface area contributed by atoms with E-state index in [0.717, 1.165) is 0 Å². The molecule has 0 heterocycles. The summed E-state index contributed by atoms with van der Waals surface area (Å²) in [7, 11) is 0. The minimum atomic E-state index is 0. The summed E-state index contributed by atoms with van der Waals surface area (Å²) < 4.78 is 0. The Bertz CT molecular complexity index is 470. The van der Waals surface area contributed by atoms with E-state index < -0.39 is 0 Å². The van der Waals surface area contributed by atoms with Crippen LogP contribution < -0.4 is 0 Å². The summed E-state index contributed by atoms with van der Waals surface area (Å²) in [6.07, 6.45) is 7.45. The zero-order valence-electron chi connectivity index (χ0n) is 16.0. The van der Waals surface area contributed by atoms with Gasteiger partial charge < -0.3 is 0 Å². The van der Waals surface area contributed by atoms with Gasteiger partial charge >= 0.3 is 39.9 Å². The SMILES string of the molecule is CCC[c-]1cccc1.CCC[c-]1cccc1.CCC[c-]1cccc1.[Gd+3]. The number of rotatable bonds is 6. The van der Waals surface area contributed by atoms with Crippen LogP contribution in [0.25, 0.3) is 0 Å². The maximum absolute atomic E-state index is 2.20. The molecule has 0 nitrogen and oxygen atoms in total. The van der Waals surface area contributed by atoms with Crippen molar-refractivity contribution >= 4 is 0 Å². The topological polar surface area (TPSA) is 0 Å². The Morgan fingerprint density at radius 2 is 0.640 bits per heavy atom. The molecule has 3 aromatic rings. The molecule has 0 fully saturated rings.